The van der Waals surface area contributed by atoms with Gasteiger partial charge < -0.3 is 5.11 Å². The molecule has 0 saturated heterocycles. The lowest BCUT2D eigenvalue weighted by molar-refractivity contribution is 0.166. The Morgan fingerprint density at radius 3 is 1.50 bits per heavy atom. The van der Waals surface area contributed by atoms with E-state index in [1.807, 2.05) is 13.8 Å². The molecule has 1 N–H and O–H groups in total. The molecule has 104 valence electrons. The van der Waals surface area contributed by atoms with E-state index < -0.39 is 0 Å². The fourth-order valence-corrected chi connectivity index (χ4v) is 1.12. The summed E-state index contributed by atoms with van der Waals surface area (Å²) in [5.74, 6) is 0. The van der Waals surface area contributed by atoms with Crippen LogP contribution in [0.25, 0.3) is 0 Å². The number of aliphatic hydroxyl groups is 1. The van der Waals surface area contributed by atoms with Gasteiger partial charge in [-0.1, -0.05) is 26.7 Å². The fourth-order valence-electron chi connectivity index (χ4n) is 1.12. The van der Waals surface area contributed by atoms with Crippen molar-refractivity contribution in [3.05, 3.63) is 0 Å². The second-order valence-electron chi connectivity index (χ2n) is 3.83. The van der Waals surface area contributed by atoms with E-state index >= 15 is 0 Å². The second kappa shape index (κ2) is 18.1. The lowest BCUT2D eigenvalue weighted by Crippen LogP contribution is -1.99. The average molecular weight is 256 g/mol. The maximum Gasteiger partial charge on any atom is 0.234 e. The van der Waals surface area contributed by atoms with Crippen molar-refractivity contribution in [2.45, 2.75) is 58.5 Å². The Bertz CT molecular complexity index is 231. The third-order valence-electron chi connectivity index (χ3n) is 2.36. The van der Waals surface area contributed by atoms with Crippen molar-refractivity contribution in [1.29, 1.82) is 0 Å². The number of carbonyl (C=O) groups excluding carboxylic acids is 2. The smallest absolute Gasteiger partial charge is 0.234 e. The lowest BCUT2D eigenvalue weighted by Gasteiger charge is -1.98. The summed E-state index contributed by atoms with van der Waals surface area (Å²) < 4.78 is 0. The summed E-state index contributed by atoms with van der Waals surface area (Å²) >= 11 is 0. The molecule has 0 heterocycles. The first-order valence-electron chi connectivity index (χ1n) is 6.48. The third-order valence-corrected chi connectivity index (χ3v) is 2.36. The van der Waals surface area contributed by atoms with Gasteiger partial charge in [-0.3, -0.25) is 0 Å². The van der Waals surface area contributed by atoms with Crippen molar-refractivity contribution < 1.29 is 14.7 Å². The first-order chi connectivity index (χ1) is 8.72. The van der Waals surface area contributed by atoms with Gasteiger partial charge in [-0.2, -0.15) is 0 Å². The summed E-state index contributed by atoms with van der Waals surface area (Å²) in [6.07, 6.45) is 8.51. The van der Waals surface area contributed by atoms with Gasteiger partial charge in [0.05, 0.1) is 19.2 Å². The molecule has 0 rings (SSSR count). The van der Waals surface area contributed by atoms with Crippen molar-refractivity contribution in [2.75, 3.05) is 13.1 Å². The zero-order valence-electron chi connectivity index (χ0n) is 11.4. The quantitative estimate of drug-likeness (QED) is 0.391. The minimum Gasteiger partial charge on any atom is -0.393 e. The predicted molar refractivity (Wildman–Crippen MR) is 71.0 cm³/mol. The molecule has 0 aromatic heterocycles. The van der Waals surface area contributed by atoms with Crippen molar-refractivity contribution >= 4 is 12.2 Å². The van der Waals surface area contributed by atoms with Crippen molar-refractivity contribution in [3.63, 3.8) is 0 Å². The highest BCUT2D eigenvalue weighted by Crippen LogP contribution is 1.99. The molecule has 0 atom stereocenters. The largest absolute Gasteiger partial charge is 0.393 e. The molecule has 0 aromatic rings. The molecule has 0 fully saturated rings. The minimum absolute atomic E-state index is 0.0648. The van der Waals surface area contributed by atoms with Crippen LogP contribution in [0.5, 0.6) is 0 Å². The van der Waals surface area contributed by atoms with E-state index in [-0.39, 0.29) is 6.10 Å². The molecule has 0 aliphatic heterocycles. The second-order valence-corrected chi connectivity index (χ2v) is 3.83. The Labute approximate surface area is 109 Å². The maximum absolute atomic E-state index is 9.63. The SMILES string of the molecule is CCC(O)CC.O=C=NCCCCCCN=C=O. The van der Waals surface area contributed by atoms with Gasteiger partial charge in [0.1, 0.15) is 0 Å². The molecule has 0 aromatic carbocycles. The molecular weight excluding hydrogens is 232 g/mol. The molecule has 0 amide bonds. The lowest BCUT2D eigenvalue weighted by atomic mass is 10.2. The van der Waals surface area contributed by atoms with Crippen molar-refractivity contribution in [2.24, 2.45) is 9.98 Å². The number of hydrogen-bond donors (Lipinski definition) is 1. The molecule has 0 aliphatic carbocycles. The molecule has 5 nitrogen and oxygen atoms in total. The van der Waals surface area contributed by atoms with Gasteiger partial charge in [-0.05, 0) is 25.7 Å². The van der Waals surface area contributed by atoms with Crippen LogP contribution in [0.1, 0.15) is 52.4 Å². The normalized spacial score (nSPS) is 8.89. The molecule has 0 spiro atoms. The number of hydrogen-bond acceptors (Lipinski definition) is 5. The Hall–Kier alpha value is -1.28. The van der Waals surface area contributed by atoms with E-state index in [0.29, 0.717) is 13.1 Å². The van der Waals surface area contributed by atoms with Crippen LogP contribution in [0.4, 0.5) is 0 Å². The fraction of sp³-hybridized carbons (Fsp3) is 0.846. The maximum atomic E-state index is 9.63. The highest BCUT2D eigenvalue weighted by molar-refractivity contribution is 5.32. The first-order valence-corrected chi connectivity index (χ1v) is 6.48. The summed E-state index contributed by atoms with van der Waals surface area (Å²) in [5.41, 5.74) is 0. The van der Waals surface area contributed by atoms with Gasteiger partial charge >= 0.3 is 0 Å². The third kappa shape index (κ3) is 20.2. The Morgan fingerprint density at radius 1 is 0.889 bits per heavy atom. The molecule has 5 heteroatoms. The van der Waals surface area contributed by atoms with Crippen LogP contribution in [0.15, 0.2) is 9.98 Å². The van der Waals surface area contributed by atoms with Gasteiger partial charge in [0.2, 0.25) is 12.2 Å². The zero-order chi connectivity index (χ0) is 14.1. The summed E-state index contributed by atoms with van der Waals surface area (Å²) in [6, 6.07) is 0. The number of aliphatic hydroxyl groups excluding tert-OH is 1. The minimum atomic E-state index is -0.0648. The van der Waals surface area contributed by atoms with E-state index in [2.05, 4.69) is 9.98 Å². The topological polar surface area (TPSA) is 79.1 Å². The Morgan fingerprint density at radius 2 is 1.28 bits per heavy atom. The van der Waals surface area contributed by atoms with E-state index in [0.717, 1.165) is 38.5 Å². The number of aliphatic imine (C=N–C) groups is 2. The first kappa shape index (κ1) is 19.1. The summed E-state index contributed by atoms with van der Waals surface area (Å²) in [6.45, 7) is 5.07. The monoisotopic (exact) mass is 256 g/mol. The van der Waals surface area contributed by atoms with Crippen LogP contribution < -0.4 is 0 Å². The average Bonchev–Trinajstić information content (AvgIpc) is 2.41. The van der Waals surface area contributed by atoms with Crippen molar-refractivity contribution in [1.82, 2.24) is 0 Å². The van der Waals surface area contributed by atoms with Crippen LogP contribution in [-0.4, -0.2) is 36.5 Å². The standard InChI is InChI=1S/C8H12N2O2.C5H12O/c11-7-9-5-3-1-2-4-6-10-8-12;1-3-5(6)4-2/h1-6H2;5-6H,3-4H2,1-2H3. The van der Waals surface area contributed by atoms with Crippen LogP contribution in [0.3, 0.4) is 0 Å². The number of nitrogens with zero attached hydrogens (tertiary/aromatic N) is 2. The molecule has 0 unspecified atom stereocenters. The predicted octanol–water partition coefficient (Wildman–Crippen LogP) is 2.39. The number of isocyanates is 2. The number of rotatable bonds is 9. The zero-order valence-corrected chi connectivity index (χ0v) is 11.4. The van der Waals surface area contributed by atoms with Gasteiger partial charge in [0, 0.05) is 0 Å². The molecule has 0 radical (unpaired) electrons. The summed E-state index contributed by atoms with van der Waals surface area (Å²) in [7, 11) is 0. The van der Waals surface area contributed by atoms with Crippen LogP contribution in [0, 0.1) is 0 Å². The number of unbranched alkanes of at least 4 members (excludes halogenated alkanes) is 3. The molecular formula is C13H24N2O3. The summed E-state index contributed by atoms with van der Waals surface area (Å²) in [5, 5.41) is 8.67. The van der Waals surface area contributed by atoms with Gasteiger partial charge in [-0.25, -0.2) is 19.6 Å². The van der Waals surface area contributed by atoms with Crippen LogP contribution in [-0.2, 0) is 9.59 Å². The van der Waals surface area contributed by atoms with Gasteiger partial charge in [0.15, 0.2) is 0 Å². The van der Waals surface area contributed by atoms with E-state index in [9.17, 15) is 9.59 Å². The van der Waals surface area contributed by atoms with Crippen LogP contribution in [0.2, 0.25) is 0 Å². The highest BCUT2D eigenvalue weighted by atomic mass is 16.3. The van der Waals surface area contributed by atoms with E-state index in [4.69, 9.17) is 5.11 Å². The van der Waals surface area contributed by atoms with E-state index in [1.165, 1.54) is 12.2 Å². The van der Waals surface area contributed by atoms with Gasteiger partial charge in [-0.15, -0.1) is 0 Å². The highest BCUT2D eigenvalue weighted by Gasteiger charge is 1.90. The summed E-state index contributed by atoms with van der Waals surface area (Å²) in [4.78, 5) is 26.1. The Kier molecular flexibility index (Phi) is 19.2. The van der Waals surface area contributed by atoms with E-state index in [1.54, 1.807) is 0 Å². The molecule has 0 saturated carbocycles. The van der Waals surface area contributed by atoms with Gasteiger partial charge in [0.25, 0.3) is 0 Å². The molecule has 18 heavy (non-hydrogen) atoms. The molecule has 0 aliphatic rings. The molecule has 0 bridgehead atoms. The van der Waals surface area contributed by atoms with Crippen LogP contribution >= 0.6 is 0 Å². The Balaban J connectivity index is 0. The van der Waals surface area contributed by atoms with Crippen molar-refractivity contribution in [3.8, 4) is 0 Å².